The maximum atomic E-state index is 12.4. The fraction of sp³-hybridized carbons (Fsp3) is 0.235. The van der Waals surface area contributed by atoms with Gasteiger partial charge in [0, 0.05) is 53.4 Å². The van der Waals surface area contributed by atoms with Gasteiger partial charge in [-0.2, -0.15) is 15.0 Å². The monoisotopic (exact) mass is 356 g/mol. The molecule has 4 rings (SSSR count). The first-order valence-corrected chi connectivity index (χ1v) is 7.65. The average Bonchev–Trinajstić information content (AvgIpc) is 3.12. The molecular weight excluding hydrogens is 332 g/mol. The minimum atomic E-state index is -2.65. The molecule has 0 atom stereocenters. The van der Waals surface area contributed by atoms with Gasteiger partial charge in [0.05, 0.1) is 23.5 Å². The van der Waals surface area contributed by atoms with Crippen LogP contribution >= 0.6 is 0 Å². The van der Waals surface area contributed by atoms with Crippen molar-refractivity contribution in [3.8, 4) is 11.3 Å². The van der Waals surface area contributed by atoms with Crippen LogP contribution in [0, 0.1) is 0 Å². The van der Waals surface area contributed by atoms with E-state index >= 15 is 0 Å². The number of nitrogens with one attached hydrogen (secondary N) is 2. The van der Waals surface area contributed by atoms with Crippen molar-refractivity contribution in [1.82, 2.24) is 30.3 Å². The smallest absolute Gasteiger partial charge is 0.254 e. The topological polar surface area (TPSA) is 101 Å². The maximum Gasteiger partial charge on any atom is 0.254 e. The quantitative estimate of drug-likeness (QED) is 0.730. The zero-order valence-electron chi connectivity index (χ0n) is 19.7. The van der Waals surface area contributed by atoms with Gasteiger partial charge in [-0.25, -0.2) is 4.98 Å². The SMILES string of the molecule is [2H]C([2H])([2H])NC(=O)c1cnccc1Nc1nccc2c1N(C)Cc1nn(C([2H])([2H])[2H])nc1-2. The van der Waals surface area contributed by atoms with Gasteiger partial charge in [0.1, 0.15) is 11.4 Å². The molecular formula is C17H18N8O. The number of anilines is 3. The summed E-state index contributed by atoms with van der Waals surface area (Å²) in [4.78, 5) is 23.2. The normalized spacial score (nSPS) is 16.7. The number of aromatic nitrogens is 5. The molecule has 26 heavy (non-hydrogen) atoms. The fourth-order valence-electron chi connectivity index (χ4n) is 2.96. The van der Waals surface area contributed by atoms with Gasteiger partial charge < -0.3 is 15.5 Å². The standard InChI is InChI=1S/C17H18N8O/c1-18-17(26)11-8-19-6-5-12(11)21-16-15-10(4-7-20-16)14-13(9-24(15)2)22-25(3)23-14/h4-8H,9H2,1-3H3,(H,18,26)(H,19,20,21)/i1D3,3D3. The zero-order valence-corrected chi connectivity index (χ0v) is 13.7. The second kappa shape index (κ2) is 6.10. The van der Waals surface area contributed by atoms with E-state index in [-0.39, 0.29) is 5.56 Å². The molecule has 9 heteroatoms. The van der Waals surface area contributed by atoms with E-state index in [4.69, 9.17) is 8.22 Å². The van der Waals surface area contributed by atoms with E-state index in [9.17, 15) is 4.79 Å². The minimum Gasteiger partial charge on any atom is -0.365 e. The number of carbonyl (C=O) groups excluding carboxylic acids is 1. The number of pyridine rings is 2. The van der Waals surface area contributed by atoms with E-state index in [0.29, 0.717) is 45.5 Å². The van der Waals surface area contributed by atoms with Crippen molar-refractivity contribution in [1.29, 1.82) is 0 Å². The molecule has 0 saturated carbocycles. The van der Waals surface area contributed by atoms with Crippen LogP contribution in [0.5, 0.6) is 0 Å². The average molecular weight is 356 g/mol. The highest BCUT2D eigenvalue weighted by Crippen LogP contribution is 2.41. The van der Waals surface area contributed by atoms with E-state index in [1.807, 2.05) is 10.2 Å². The molecule has 0 spiro atoms. The third kappa shape index (κ3) is 2.53. The molecule has 9 nitrogen and oxygen atoms in total. The van der Waals surface area contributed by atoms with Crippen LogP contribution in [0.15, 0.2) is 30.7 Å². The van der Waals surface area contributed by atoms with Gasteiger partial charge in [0.2, 0.25) is 0 Å². The molecule has 0 fully saturated rings. The van der Waals surface area contributed by atoms with Crippen LogP contribution in [0.3, 0.4) is 0 Å². The Hall–Kier alpha value is -3.49. The third-order valence-electron chi connectivity index (χ3n) is 4.06. The molecule has 132 valence electrons. The van der Waals surface area contributed by atoms with Gasteiger partial charge in [-0.3, -0.25) is 9.78 Å². The van der Waals surface area contributed by atoms with Gasteiger partial charge in [-0.15, -0.1) is 0 Å². The second-order valence-corrected chi connectivity index (χ2v) is 5.70. The molecule has 0 bridgehead atoms. The van der Waals surface area contributed by atoms with Crippen molar-refractivity contribution < 1.29 is 13.0 Å². The van der Waals surface area contributed by atoms with Crippen LogP contribution in [0.1, 0.15) is 24.3 Å². The lowest BCUT2D eigenvalue weighted by Gasteiger charge is -2.28. The number of aryl methyl sites for hydroxylation is 1. The number of hydrogen-bond donors (Lipinski definition) is 2. The zero-order chi connectivity index (χ0) is 23.3. The highest BCUT2D eigenvalue weighted by Gasteiger charge is 2.27. The molecule has 3 aromatic rings. The molecule has 0 aliphatic carbocycles. The molecule has 0 aromatic carbocycles. The van der Waals surface area contributed by atoms with Crippen molar-refractivity contribution in [3.05, 3.63) is 42.0 Å². The predicted molar refractivity (Wildman–Crippen MR) is 97.3 cm³/mol. The van der Waals surface area contributed by atoms with Gasteiger partial charge in [0.25, 0.3) is 5.91 Å². The Morgan fingerprint density at radius 3 is 3.08 bits per heavy atom. The summed E-state index contributed by atoms with van der Waals surface area (Å²) in [6, 6.07) is 3.22. The molecule has 2 N–H and O–H groups in total. The second-order valence-electron chi connectivity index (χ2n) is 5.70. The van der Waals surface area contributed by atoms with Crippen LogP contribution in [-0.4, -0.2) is 44.9 Å². The fourth-order valence-corrected chi connectivity index (χ4v) is 2.96. The van der Waals surface area contributed by atoms with E-state index in [1.165, 1.54) is 24.7 Å². The van der Waals surface area contributed by atoms with Gasteiger partial charge >= 0.3 is 0 Å². The number of fused-ring (bicyclic) bond motifs is 3. The summed E-state index contributed by atoms with van der Waals surface area (Å²) in [6.45, 7) is -4.87. The molecule has 0 saturated heterocycles. The summed E-state index contributed by atoms with van der Waals surface area (Å²) in [5.41, 5.74) is 2.49. The van der Waals surface area contributed by atoms with Crippen LogP contribution < -0.4 is 15.5 Å². The van der Waals surface area contributed by atoms with Gasteiger partial charge in [-0.05, 0) is 12.1 Å². The molecule has 3 aromatic heterocycles. The largest absolute Gasteiger partial charge is 0.365 e. The van der Waals surface area contributed by atoms with Crippen molar-refractivity contribution in [2.45, 2.75) is 6.54 Å². The Balaban J connectivity index is 1.74. The summed E-state index contributed by atoms with van der Waals surface area (Å²) in [5.74, 6) is -0.449. The highest BCUT2D eigenvalue weighted by atomic mass is 16.1. The molecule has 0 radical (unpaired) electrons. The number of amides is 1. The summed E-state index contributed by atoms with van der Waals surface area (Å²) in [6.07, 6.45) is 4.22. The van der Waals surface area contributed by atoms with Crippen LogP contribution in [0.2, 0.25) is 0 Å². The molecule has 1 amide bonds. The number of hydrogen-bond acceptors (Lipinski definition) is 7. The molecule has 0 unspecified atom stereocenters. The lowest BCUT2D eigenvalue weighted by molar-refractivity contribution is 0.0963. The van der Waals surface area contributed by atoms with E-state index < -0.39 is 19.9 Å². The first kappa shape index (κ1) is 10.5. The van der Waals surface area contributed by atoms with E-state index in [2.05, 4.69) is 25.5 Å². The Bertz CT molecular complexity index is 1190. The van der Waals surface area contributed by atoms with Crippen LogP contribution in [-0.2, 0) is 13.5 Å². The van der Waals surface area contributed by atoms with E-state index in [0.717, 1.165) is 0 Å². The Morgan fingerprint density at radius 1 is 1.31 bits per heavy atom. The number of carbonyl (C=O) groups is 1. The number of rotatable bonds is 3. The summed E-state index contributed by atoms with van der Waals surface area (Å²) in [5, 5.41) is 13.3. The van der Waals surface area contributed by atoms with Crippen molar-refractivity contribution in [2.75, 3.05) is 24.2 Å². The first-order valence-electron chi connectivity index (χ1n) is 10.6. The lowest BCUT2D eigenvalue weighted by Crippen LogP contribution is -2.24. The summed E-state index contributed by atoms with van der Waals surface area (Å²) in [7, 11) is 1.79. The molecule has 1 aliphatic heterocycles. The lowest BCUT2D eigenvalue weighted by atomic mass is 10.0. The van der Waals surface area contributed by atoms with Crippen molar-refractivity contribution >= 4 is 23.1 Å². The summed E-state index contributed by atoms with van der Waals surface area (Å²) >= 11 is 0. The minimum absolute atomic E-state index is 0.0236. The third-order valence-corrected chi connectivity index (χ3v) is 4.06. The van der Waals surface area contributed by atoms with Gasteiger partial charge in [0.15, 0.2) is 5.82 Å². The number of nitrogens with zero attached hydrogens (tertiary/aromatic N) is 6. The molecule has 1 aliphatic rings. The van der Waals surface area contributed by atoms with Gasteiger partial charge in [-0.1, -0.05) is 0 Å². The molecule has 4 heterocycles. The highest BCUT2D eigenvalue weighted by molar-refractivity contribution is 6.00. The first-order chi connectivity index (χ1) is 14.9. The Kier molecular flexibility index (Phi) is 2.46. The predicted octanol–water partition coefficient (Wildman–Crippen LogP) is 1.33. The van der Waals surface area contributed by atoms with Crippen LogP contribution in [0.4, 0.5) is 17.2 Å². The maximum absolute atomic E-state index is 12.4. The summed E-state index contributed by atoms with van der Waals surface area (Å²) < 4.78 is 44.4. The Morgan fingerprint density at radius 2 is 2.23 bits per heavy atom. The van der Waals surface area contributed by atoms with Crippen LogP contribution in [0.25, 0.3) is 11.3 Å². The Labute approximate surface area is 158 Å². The van der Waals surface area contributed by atoms with Crippen molar-refractivity contribution in [2.24, 2.45) is 6.98 Å². The van der Waals surface area contributed by atoms with Crippen molar-refractivity contribution in [3.63, 3.8) is 0 Å². The van der Waals surface area contributed by atoms with E-state index in [1.54, 1.807) is 13.1 Å².